The first-order chi connectivity index (χ1) is 9.92. The molecule has 0 atom stereocenters. The Morgan fingerprint density at radius 1 is 1.00 bits per heavy atom. The predicted molar refractivity (Wildman–Crippen MR) is 81.9 cm³/mol. The van der Waals surface area contributed by atoms with Crippen molar-refractivity contribution < 1.29 is 0 Å². The van der Waals surface area contributed by atoms with Crippen molar-refractivity contribution in [1.29, 1.82) is 0 Å². The summed E-state index contributed by atoms with van der Waals surface area (Å²) in [6.07, 6.45) is 5.64. The van der Waals surface area contributed by atoms with Gasteiger partial charge < -0.3 is 10.2 Å². The molecule has 1 saturated heterocycles. The monoisotopic (exact) mass is 268 g/mol. The van der Waals surface area contributed by atoms with Gasteiger partial charge in [0.2, 0.25) is 5.95 Å². The summed E-state index contributed by atoms with van der Waals surface area (Å²) in [5.74, 6) is 1.74. The van der Waals surface area contributed by atoms with Crippen LogP contribution in [0.1, 0.15) is 24.8 Å². The maximum absolute atomic E-state index is 4.62. The van der Waals surface area contributed by atoms with E-state index in [0.29, 0.717) is 0 Å². The van der Waals surface area contributed by atoms with Crippen molar-refractivity contribution in [2.45, 2.75) is 25.8 Å². The van der Waals surface area contributed by atoms with E-state index < -0.39 is 0 Å². The number of nitrogens with zero attached hydrogens (tertiary/aromatic N) is 3. The Balaban J connectivity index is 1.65. The fourth-order valence-corrected chi connectivity index (χ4v) is 2.48. The summed E-state index contributed by atoms with van der Waals surface area (Å²) in [4.78, 5) is 11.3. The smallest absolute Gasteiger partial charge is 0.227 e. The van der Waals surface area contributed by atoms with Crippen molar-refractivity contribution in [2.24, 2.45) is 0 Å². The zero-order valence-corrected chi connectivity index (χ0v) is 11.6. The van der Waals surface area contributed by atoms with Crippen molar-refractivity contribution in [3.8, 4) is 0 Å². The van der Waals surface area contributed by atoms with Gasteiger partial charge in [-0.25, -0.2) is 4.98 Å². The number of benzene rings is 1. The van der Waals surface area contributed by atoms with E-state index in [0.717, 1.165) is 31.4 Å². The van der Waals surface area contributed by atoms with Crippen LogP contribution >= 0.6 is 0 Å². The van der Waals surface area contributed by atoms with Gasteiger partial charge in [0, 0.05) is 25.8 Å². The third-order valence-electron chi connectivity index (χ3n) is 3.60. The lowest BCUT2D eigenvalue weighted by atomic mass is 10.1. The summed E-state index contributed by atoms with van der Waals surface area (Å²) in [6.45, 7) is 2.93. The van der Waals surface area contributed by atoms with Crippen LogP contribution in [-0.4, -0.2) is 23.1 Å². The summed E-state index contributed by atoms with van der Waals surface area (Å²) in [5, 5.41) is 3.36. The third-order valence-corrected chi connectivity index (χ3v) is 3.60. The molecule has 1 aromatic heterocycles. The molecule has 1 N–H and O–H groups in total. The SMILES string of the molecule is c1ccc(CNc2ccnc(N3CCCCC3)n2)cc1. The molecule has 104 valence electrons. The molecule has 1 aromatic carbocycles. The highest BCUT2D eigenvalue weighted by Crippen LogP contribution is 2.17. The molecule has 1 fully saturated rings. The fraction of sp³-hybridized carbons (Fsp3) is 0.375. The highest BCUT2D eigenvalue weighted by Gasteiger charge is 2.13. The van der Waals surface area contributed by atoms with Crippen LogP contribution in [0.15, 0.2) is 42.6 Å². The largest absolute Gasteiger partial charge is 0.366 e. The predicted octanol–water partition coefficient (Wildman–Crippen LogP) is 3.08. The van der Waals surface area contributed by atoms with Gasteiger partial charge in [0.1, 0.15) is 5.82 Å². The molecule has 0 bridgehead atoms. The molecule has 0 unspecified atom stereocenters. The summed E-state index contributed by atoms with van der Waals surface area (Å²) < 4.78 is 0. The van der Waals surface area contributed by atoms with Gasteiger partial charge in [0.25, 0.3) is 0 Å². The van der Waals surface area contributed by atoms with Crippen LogP contribution in [-0.2, 0) is 6.54 Å². The highest BCUT2D eigenvalue weighted by molar-refractivity contribution is 5.42. The molecule has 0 saturated carbocycles. The van der Waals surface area contributed by atoms with Crippen LogP contribution < -0.4 is 10.2 Å². The number of hydrogen-bond donors (Lipinski definition) is 1. The van der Waals surface area contributed by atoms with Gasteiger partial charge >= 0.3 is 0 Å². The van der Waals surface area contributed by atoms with Crippen molar-refractivity contribution in [3.63, 3.8) is 0 Å². The zero-order valence-electron chi connectivity index (χ0n) is 11.6. The first kappa shape index (κ1) is 12.9. The number of rotatable bonds is 4. The first-order valence-electron chi connectivity index (χ1n) is 7.27. The lowest BCUT2D eigenvalue weighted by Crippen LogP contribution is -2.31. The summed E-state index contributed by atoms with van der Waals surface area (Å²) >= 11 is 0. The number of piperidine rings is 1. The van der Waals surface area contributed by atoms with E-state index in [-0.39, 0.29) is 0 Å². The average molecular weight is 268 g/mol. The van der Waals surface area contributed by atoms with Crippen LogP contribution in [0.2, 0.25) is 0 Å². The molecule has 1 aliphatic heterocycles. The quantitative estimate of drug-likeness (QED) is 0.925. The van der Waals surface area contributed by atoms with E-state index >= 15 is 0 Å². The molecule has 0 amide bonds. The standard InChI is InChI=1S/C16H20N4/c1-3-7-14(8-4-1)13-18-15-9-10-17-16(19-15)20-11-5-2-6-12-20/h1,3-4,7-10H,2,5-6,11-13H2,(H,17,18,19). The molecule has 0 spiro atoms. The number of hydrogen-bond acceptors (Lipinski definition) is 4. The van der Waals surface area contributed by atoms with Crippen molar-refractivity contribution >= 4 is 11.8 Å². The Kier molecular flexibility index (Phi) is 4.11. The minimum atomic E-state index is 0.789. The fourth-order valence-electron chi connectivity index (χ4n) is 2.48. The van der Waals surface area contributed by atoms with Crippen molar-refractivity contribution in [1.82, 2.24) is 9.97 Å². The second-order valence-electron chi connectivity index (χ2n) is 5.13. The van der Waals surface area contributed by atoms with E-state index in [2.05, 4.69) is 44.5 Å². The van der Waals surface area contributed by atoms with Crippen LogP contribution in [0.5, 0.6) is 0 Å². The van der Waals surface area contributed by atoms with Gasteiger partial charge in [0.15, 0.2) is 0 Å². The second kappa shape index (κ2) is 6.37. The van der Waals surface area contributed by atoms with Crippen molar-refractivity contribution in [2.75, 3.05) is 23.3 Å². The molecule has 2 heterocycles. The van der Waals surface area contributed by atoms with Gasteiger partial charge in [-0.2, -0.15) is 4.98 Å². The van der Waals surface area contributed by atoms with Crippen LogP contribution in [0, 0.1) is 0 Å². The van der Waals surface area contributed by atoms with Gasteiger partial charge in [-0.05, 0) is 30.9 Å². The third kappa shape index (κ3) is 3.26. The van der Waals surface area contributed by atoms with E-state index in [4.69, 9.17) is 0 Å². The lowest BCUT2D eigenvalue weighted by molar-refractivity contribution is 0.568. The maximum atomic E-state index is 4.62. The normalized spacial score (nSPS) is 15.1. The molecule has 2 aromatic rings. The Morgan fingerprint density at radius 2 is 1.80 bits per heavy atom. The van der Waals surface area contributed by atoms with Crippen LogP contribution in [0.3, 0.4) is 0 Å². The highest BCUT2D eigenvalue weighted by atomic mass is 15.3. The van der Waals surface area contributed by atoms with E-state index in [9.17, 15) is 0 Å². The van der Waals surface area contributed by atoms with Crippen molar-refractivity contribution in [3.05, 3.63) is 48.2 Å². The average Bonchev–Trinajstić information content (AvgIpc) is 2.55. The molecular weight excluding hydrogens is 248 g/mol. The van der Waals surface area contributed by atoms with E-state index in [1.807, 2.05) is 18.3 Å². The van der Waals surface area contributed by atoms with Crippen LogP contribution in [0.25, 0.3) is 0 Å². The maximum Gasteiger partial charge on any atom is 0.227 e. The molecular formula is C16H20N4. The molecule has 0 radical (unpaired) electrons. The van der Waals surface area contributed by atoms with Crippen LogP contribution in [0.4, 0.5) is 11.8 Å². The van der Waals surface area contributed by atoms with Gasteiger partial charge in [-0.15, -0.1) is 0 Å². The Morgan fingerprint density at radius 3 is 2.60 bits per heavy atom. The Hall–Kier alpha value is -2.10. The molecule has 4 heteroatoms. The Bertz CT molecular complexity index is 535. The minimum Gasteiger partial charge on any atom is -0.366 e. The number of anilines is 2. The van der Waals surface area contributed by atoms with Gasteiger partial charge in [-0.3, -0.25) is 0 Å². The number of nitrogens with one attached hydrogen (secondary N) is 1. The van der Waals surface area contributed by atoms with E-state index in [1.165, 1.54) is 24.8 Å². The van der Waals surface area contributed by atoms with Gasteiger partial charge in [-0.1, -0.05) is 30.3 Å². The molecule has 1 aliphatic rings. The van der Waals surface area contributed by atoms with E-state index in [1.54, 1.807) is 0 Å². The summed E-state index contributed by atoms with van der Waals surface area (Å²) in [5.41, 5.74) is 1.26. The molecule has 4 nitrogen and oxygen atoms in total. The molecule has 0 aliphatic carbocycles. The lowest BCUT2D eigenvalue weighted by Gasteiger charge is -2.26. The molecule has 20 heavy (non-hydrogen) atoms. The molecule has 3 rings (SSSR count). The van der Waals surface area contributed by atoms with Gasteiger partial charge in [0.05, 0.1) is 0 Å². The first-order valence-corrected chi connectivity index (χ1v) is 7.27. The minimum absolute atomic E-state index is 0.789. The second-order valence-corrected chi connectivity index (χ2v) is 5.13. The zero-order chi connectivity index (χ0) is 13.6. The Labute approximate surface area is 119 Å². The number of aromatic nitrogens is 2. The summed E-state index contributed by atoms with van der Waals surface area (Å²) in [7, 11) is 0. The topological polar surface area (TPSA) is 41.1 Å². The summed E-state index contributed by atoms with van der Waals surface area (Å²) in [6, 6.07) is 12.3.